The Kier molecular flexibility index (Phi) is 3.00. The van der Waals surface area contributed by atoms with Crippen LogP contribution in [0.3, 0.4) is 0 Å². The van der Waals surface area contributed by atoms with Gasteiger partial charge in [-0.3, -0.25) is 9.89 Å². The summed E-state index contributed by atoms with van der Waals surface area (Å²) in [5, 5.41) is 9.32. The molecule has 0 radical (unpaired) electrons. The molecule has 0 fully saturated rings. The number of nitrogens with one attached hydrogen (secondary N) is 2. The van der Waals surface area contributed by atoms with Gasteiger partial charge in [0.25, 0.3) is 5.91 Å². The van der Waals surface area contributed by atoms with Crippen LogP contribution in [0, 0.1) is 0 Å². The number of aromatic nitrogens is 2. The fourth-order valence-electron chi connectivity index (χ4n) is 1.58. The molecule has 16 heavy (non-hydrogen) atoms. The van der Waals surface area contributed by atoms with Crippen molar-refractivity contribution in [1.82, 2.24) is 15.5 Å². The molecule has 0 unspecified atom stereocenters. The normalized spacial score (nSPS) is 14.3. The number of carbonyl (C=O) groups is 1. The van der Waals surface area contributed by atoms with Gasteiger partial charge in [-0.15, -0.1) is 0 Å². The molecule has 1 aromatic rings. The SMILES string of the molecule is C=C(F)C(=O)NCc1n[nH]c2c1COCC2. The van der Waals surface area contributed by atoms with Gasteiger partial charge in [0.2, 0.25) is 0 Å². The average molecular weight is 225 g/mol. The fourth-order valence-corrected chi connectivity index (χ4v) is 1.58. The number of aromatic amines is 1. The monoisotopic (exact) mass is 225 g/mol. The van der Waals surface area contributed by atoms with Crippen molar-refractivity contribution in [2.24, 2.45) is 0 Å². The van der Waals surface area contributed by atoms with Crippen molar-refractivity contribution in [3.05, 3.63) is 29.4 Å². The largest absolute Gasteiger partial charge is 0.376 e. The van der Waals surface area contributed by atoms with Gasteiger partial charge < -0.3 is 10.1 Å². The molecule has 0 atom stereocenters. The predicted molar refractivity (Wildman–Crippen MR) is 54.0 cm³/mol. The van der Waals surface area contributed by atoms with Gasteiger partial charge in [-0.05, 0) is 0 Å². The van der Waals surface area contributed by atoms with Crippen molar-refractivity contribution in [1.29, 1.82) is 0 Å². The Hall–Kier alpha value is -1.69. The Balaban J connectivity index is 2.02. The second-order valence-electron chi connectivity index (χ2n) is 3.52. The number of halogens is 1. The third-order valence-corrected chi connectivity index (χ3v) is 2.44. The first kappa shape index (κ1) is 10.8. The highest BCUT2D eigenvalue weighted by molar-refractivity contribution is 5.90. The molecular formula is C10H12FN3O2. The minimum Gasteiger partial charge on any atom is -0.376 e. The summed E-state index contributed by atoms with van der Waals surface area (Å²) in [6.07, 6.45) is 0.784. The Bertz CT molecular complexity index is 428. The van der Waals surface area contributed by atoms with Gasteiger partial charge in [-0.2, -0.15) is 5.10 Å². The highest BCUT2D eigenvalue weighted by Gasteiger charge is 2.17. The van der Waals surface area contributed by atoms with E-state index in [0.29, 0.717) is 18.9 Å². The molecule has 0 saturated heterocycles. The van der Waals surface area contributed by atoms with E-state index in [4.69, 9.17) is 4.74 Å². The van der Waals surface area contributed by atoms with Crippen LogP contribution in [0.5, 0.6) is 0 Å². The molecule has 5 nitrogen and oxygen atoms in total. The van der Waals surface area contributed by atoms with Crippen molar-refractivity contribution in [2.75, 3.05) is 6.61 Å². The van der Waals surface area contributed by atoms with Gasteiger partial charge in [0.15, 0.2) is 5.83 Å². The van der Waals surface area contributed by atoms with Gasteiger partial charge in [0.05, 0.1) is 25.5 Å². The predicted octanol–water partition coefficient (Wildman–Crippen LogP) is 0.582. The summed E-state index contributed by atoms with van der Waals surface area (Å²) in [6.45, 7) is 4.24. The van der Waals surface area contributed by atoms with Crippen LogP contribution < -0.4 is 5.32 Å². The number of H-pyrrole nitrogens is 1. The van der Waals surface area contributed by atoms with E-state index in [-0.39, 0.29) is 6.54 Å². The first-order chi connectivity index (χ1) is 7.68. The van der Waals surface area contributed by atoms with Gasteiger partial charge >= 0.3 is 0 Å². The third-order valence-electron chi connectivity index (χ3n) is 2.44. The number of hydrogen-bond donors (Lipinski definition) is 2. The van der Waals surface area contributed by atoms with Crippen molar-refractivity contribution in [3.63, 3.8) is 0 Å². The molecule has 0 aliphatic carbocycles. The van der Waals surface area contributed by atoms with E-state index in [1.807, 2.05) is 0 Å². The lowest BCUT2D eigenvalue weighted by molar-refractivity contribution is -0.119. The minimum absolute atomic E-state index is 0.178. The lowest BCUT2D eigenvalue weighted by Gasteiger charge is -2.12. The molecule has 1 aromatic heterocycles. The highest BCUT2D eigenvalue weighted by Crippen LogP contribution is 2.17. The number of fused-ring (bicyclic) bond motifs is 1. The Morgan fingerprint density at radius 1 is 1.69 bits per heavy atom. The number of ether oxygens (including phenoxy) is 1. The quantitative estimate of drug-likeness (QED) is 0.739. The standard InChI is InChI=1S/C10H12FN3O2/c1-6(11)10(15)12-4-9-7-5-16-3-2-8(7)13-14-9/h1-5H2,(H,12,15)(H,13,14). The van der Waals surface area contributed by atoms with Crippen molar-refractivity contribution < 1.29 is 13.9 Å². The molecular weight excluding hydrogens is 213 g/mol. The Labute approximate surface area is 91.7 Å². The van der Waals surface area contributed by atoms with E-state index >= 15 is 0 Å². The summed E-state index contributed by atoms with van der Waals surface area (Å²) in [6, 6.07) is 0. The molecule has 1 aliphatic heterocycles. The topological polar surface area (TPSA) is 67.0 Å². The van der Waals surface area contributed by atoms with E-state index in [1.54, 1.807) is 0 Å². The second kappa shape index (κ2) is 4.44. The molecule has 6 heteroatoms. The lowest BCUT2D eigenvalue weighted by Crippen LogP contribution is -2.23. The van der Waals surface area contributed by atoms with Crippen LogP contribution in [0.4, 0.5) is 4.39 Å². The molecule has 2 N–H and O–H groups in total. The summed E-state index contributed by atoms with van der Waals surface area (Å²) in [5.74, 6) is -1.81. The lowest BCUT2D eigenvalue weighted by atomic mass is 10.1. The highest BCUT2D eigenvalue weighted by atomic mass is 19.1. The van der Waals surface area contributed by atoms with Crippen LogP contribution in [0.15, 0.2) is 12.4 Å². The molecule has 0 saturated carbocycles. The first-order valence-electron chi connectivity index (χ1n) is 4.94. The van der Waals surface area contributed by atoms with Gasteiger partial charge in [0.1, 0.15) is 0 Å². The fraction of sp³-hybridized carbons (Fsp3) is 0.400. The van der Waals surface area contributed by atoms with Crippen LogP contribution >= 0.6 is 0 Å². The molecule has 2 heterocycles. The Morgan fingerprint density at radius 2 is 2.50 bits per heavy atom. The zero-order valence-corrected chi connectivity index (χ0v) is 8.68. The zero-order valence-electron chi connectivity index (χ0n) is 8.68. The summed E-state index contributed by atoms with van der Waals surface area (Å²) in [4.78, 5) is 11.0. The Morgan fingerprint density at radius 3 is 3.25 bits per heavy atom. The molecule has 86 valence electrons. The van der Waals surface area contributed by atoms with Crippen molar-refractivity contribution in [2.45, 2.75) is 19.6 Å². The molecule has 0 aromatic carbocycles. The summed E-state index contributed by atoms with van der Waals surface area (Å²) in [5.41, 5.74) is 2.66. The number of hydrogen-bond acceptors (Lipinski definition) is 3. The van der Waals surface area contributed by atoms with E-state index in [0.717, 1.165) is 17.7 Å². The second-order valence-corrected chi connectivity index (χ2v) is 3.52. The van der Waals surface area contributed by atoms with Crippen LogP contribution in [0.25, 0.3) is 0 Å². The maximum atomic E-state index is 12.4. The number of rotatable bonds is 3. The van der Waals surface area contributed by atoms with Crippen LogP contribution in [-0.2, 0) is 29.1 Å². The van der Waals surface area contributed by atoms with Crippen molar-refractivity contribution >= 4 is 5.91 Å². The molecule has 1 amide bonds. The van der Waals surface area contributed by atoms with E-state index in [1.165, 1.54) is 0 Å². The molecule has 0 bridgehead atoms. The van der Waals surface area contributed by atoms with E-state index in [2.05, 4.69) is 22.1 Å². The third kappa shape index (κ3) is 2.11. The first-order valence-corrected chi connectivity index (χ1v) is 4.94. The van der Waals surface area contributed by atoms with Crippen LogP contribution in [-0.4, -0.2) is 22.7 Å². The zero-order chi connectivity index (χ0) is 11.5. The summed E-state index contributed by atoms with van der Waals surface area (Å²) >= 11 is 0. The minimum atomic E-state index is -0.999. The summed E-state index contributed by atoms with van der Waals surface area (Å²) < 4.78 is 17.7. The van der Waals surface area contributed by atoms with Gasteiger partial charge in [0, 0.05) is 17.7 Å². The number of carbonyl (C=O) groups excluding carboxylic acids is 1. The molecule has 0 spiro atoms. The maximum Gasteiger partial charge on any atom is 0.279 e. The molecule has 1 aliphatic rings. The van der Waals surface area contributed by atoms with E-state index < -0.39 is 11.7 Å². The summed E-state index contributed by atoms with van der Waals surface area (Å²) in [7, 11) is 0. The maximum absolute atomic E-state index is 12.4. The smallest absolute Gasteiger partial charge is 0.279 e. The molecule has 2 rings (SSSR count). The number of amides is 1. The average Bonchev–Trinajstić information content (AvgIpc) is 2.69. The van der Waals surface area contributed by atoms with Gasteiger partial charge in [-0.1, -0.05) is 6.58 Å². The van der Waals surface area contributed by atoms with E-state index in [9.17, 15) is 9.18 Å². The van der Waals surface area contributed by atoms with Crippen LogP contribution in [0.2, 0.25) is 0 Å². The van der Waals surface area contributed by atoms with Crippen LogP contribution in [0.1, 0.15) is 17.0 Å². The number of nitrogens with zero attached hydrogens (tertiary/aromatic N) is 1. The van der Waals surface area contributed by atoms with Gasteiger partial charge in [-0.25, -0.2) is 4.39 Å². The van der Waals surface area contributed by atoms with Crippen molar-refractivity contribution in [3.8, 4) is 0 Å².